The highest BCUT2D eigenvalue weighted by Crippen LogP contribution is 2.37. The van der Waals surface area contributed by atoms with Gasteiger partial charge in [0.2, 0.25) is 0 Å². The van der Waals surface area contributed by atoms with Crippen LogP contribution < -0.4 is 23.7 Å². The average molecular weight is 1160 g/mol. The number of hydrogen-bond donors (Lipinski definition) is 2. The van der Waals surface area contributed by atoms with Crippen LogP contribution in [0, 0.1) is 23.8 Å². The van der Waals surface area contributed by atoms with Crippen LogP contribution in [0.25, 0.3) is 21.5 Å². The van der Waals surface area contributed by atoms with Crippen molar-refractivity contribution in [2.24, 2.45) is 10.3 Å². The second-order valence-electron chi connectivity index (χ2n) is 15.2. The fourth-order valence-electron chi connectivity index (χ4n) is 6.25. The van der Waals surface area contributed by atoms with Gasteiger partial charge in [0, 0.05) is 34.8 Å². The molecule has 0 aliphatic rings. The lowest BCUT2D eigenvalue weighted by molar-refractivity contribution is -0.113. The molecule has 0 unspecified atom stereocenters. The summed E-state index contributed by atoms with van der Waals surface area (Å²) in [7, 11) is 6.11. The normalized spacial score (nSPS) is 10.8. The number of pyridine rings is 4. The first-order chi connectivity index (χ1) is 37.7. The molecule has 0 atom stereocenters. The molecule has 0 radical (unpaired) electrons. The molecule has 4 heterocycles. The zero-order valence-corrected chi connectivity index (χ0v) is 44.9. The van der Waals surface area contributed by atoms with E-state index in [0.717, 1.165) is 21.5 Å². The van der Waals surface area contributed by atoms with Gasteiger partial charge >= 0.3 is 0 Å². The summed E-state index contributed by atoms with van der Waals surface area (Å²) >= 11 is 24.6. The number of aliphatic hydroxyl groups is 1. The summed E-state index contributed by atoms with van der Waals surface area (Å²) in [6.07, 6.45) is 3.99. The lowest BCUT2D eigenvalue weighted by Crippen LogP contribution is -2.23. The van der Waals surface area contributed by atoms with Crippen LogP contribution in [-0.4, -0.2) is 102 Å². The van der Waals surface area contributed by atoms with E-state index in [1.807, 2.05) is 42.5 Å². The van der Waals surface area contributed by atoms with Crippen molar-refractivity contribution in [3.8, 4) is 34.5 Å². The first-order valence-corrected chi connectivity index (χ1v) is 24.3. The van der Waals surface area contributed by atoms with Gasteiger partial charge in [0.1, 0.15) is 58.8 Å². The Balaban J connectivity index is 0.000000208. The van der Waals surface area contributed by atoms with Crippen molar-refractivity contribution in [1.82, 2.24) is 25.0 Å². The van der Waals surface area contributed by atoms with E-state index in [4.69, 9.17) is 85.1 Å². The third-order valence-corrected chi connectivity index (χ3v) is 11.7. The third kappa shape index (κ3) is 18.9. The number of aliphatic hydroxyl groups excluding tert-OH is 1. The van der Waals surface area contributed by atoms with Crippen LogP contribution in [0.2, 0.25) is 20.1 Å². The Morgan fingerprint density at radius 3 is 1.40 bits per heavy atom. The van der Waals surface area contributed by atoms with Gasteiger partial charge in [0.05, 0.1) is 69.9 Å². The molecule has 78 heavy (non-hydrogen) atoms. The molecule has 8 aromatic rings. The summed E-state index contributed by atoms with van der Waals surface area (Å²) in [5.41, 5.74) is 1.11. The third-order valence-electron chi connectivity index (χ3n) is 10.0. The van der Waals surface area contributed by atoms with Gasteiger partial charge in [-0.25, -0.2) is 19.9 Å². The van der Waals surface area contributed by atoms with Crippen molar-refractivity contribution in [2.75, 3.05) is 54.7 Å². The highest BCUT2D eigenvalue weighted by molar-refractivity contribution is 6.46. The summed E-state index contributed by atoms with van der Waals surface area (Å²) in [6, 6.07) is 29.9. The number of rotatable bonds is 20. The highest BCUT2D eigenvalue weighted by atomic mass is 35.5. The van der Waals surface area contributed by atoms with Crippen LogP contribution >= 0.6 is 46.4 Å². The molecule has 0 saturated carbocycles. The van der Waals surface area contributed by atoms with E-state index in [2.05, 4.69) is 39.9 Å². The zero-order chi connectivity index (χ0) is 56.4. The van der Waals surface area contributed by atoms with Gasteiger partial charge in [-0.3, -0.25) is 0 Å². The molecule has 412 valence electrons. The molecule has 8 rings (SSSR count). The number of aromatic nitrogens is 4. The number of aromatic hydroxyl groups is 1. The van der Waals surface area contributed by atoms with Crippen molar-refractivity contribution in [3.63, 3.8) is 0 Å². The monoisotopic (exact) mass is 1160 g/mol. The summed E-state index contributed by atoms with van der Waals surface area (Å²) in [6.45, 7) is 0.812. The number of nitrogens with zero attached hydrogens (tertiary/aromatic N) is 7. The minimum Gasteiger partial charge on any atom is -0.504 e. The van der Waals surface area contributed by atoms with Crippen molar-refractivity contribution in [3.05, 3.63) is 176 Å². The molecule has 17 nitrogen and oxygen atoms in total. The largest absolute Gasteiger partial charge is 0.504 e. The predicted molar refractivity (Wildman–Crippen MR) is 288 cm³/mol. The van der Waals surface area contributed by atoms with E-state index in [-0.39, 0.29) is 62.6 Å². The zero-order valence-electron chi connectivity index (χ0n) is 41.9. The van der Waals surface area contributed by atoms with E-state index < -0.39 is 29.5 Å². The van der Waals surface area contributed by atoms with Gasteiger partial charge in [-0.15, -0.1) is 0 Å². The Morgan fingerprint density at radius 2 is 0.987 bits per heavy atom. The number of ether oxygens (including phenoxy) is 5. The Morgan fingerprint density at radius 1 is 0.526 bits per heavy atom. The van der Waals surface area contributed by atoms with Crippen LogP contribution in [0.3, 0.4) is 0 Å². The molecular weight excluding hydrogens is 1110 g/mol. The molecule has 4 aromatic carbocycles. The predicted octanol–water partition coefficient (Wildman–Crippen LogP) is 12.1. The Labute approximate surface area is 465 Å². The SMILES string of the molecule is CON(C)CCOc1ccc(COc2cccc3c(Cl)c(Cl)ccc23)nc1F.CON=CCOc1ccc(CO)nc1F.CON=CCOc1ccc(COc2cccc3c(Cl)c(Cl)ccc23)nc1F.Oc1cccnc1F. The fourth-order valence-corrected chi connectivity index (χ4v) is 7.04. The molecule has 0 aliphatic heterocycles. The number of fused-ring (bicyclic) bond motifs is 2. The minimum absolute atomic E-state index is 0.00903. The molecule has 2 N–H and O–H groups in total. The van der Waals surface area contributed by atoms with Gasteiger partial charge in [0.25, 0.3) is 23.8 Å². The number of hydroxylamine groups is 2. The maximum absolute atomic E-state index is 14.2. The van der Waals surface area contributed by atoms with E-state index in [9.17, 15) is 17.6 Å². The van der Waals surface area contributed by atoms with Gasteiger partial charge in [-0.05, 0) is 84.9 Å². The second-order valence-corrected chi connectivity index (χ2v) is 16.8. The van der Waals surface area contributed by atoms with E-state index in [0.29, 0.717) is 49.5 Å². The Kier molecular flexibility index (Phi) is 25.4. The van der Waals surface area contributed by atoms with Crippen molar-refractivity contribution in [1.29, 1.82) is 0 Å². The maximum Gasteiger partial charge on any atom is 0.255 e. The van der Waals surface area contributed by atoms with Crippen LogP contribution in [0.5, 0.6) is 34.5 Å². The summed E-state index contributed by atoms with van der Waals surface area (Å²) < 4.78 is 80.5. The molecular formula is C53H49Cl4F4N7O10. The molecule has 0 bridgehead atoms. The molecule has 0 amide bonds. The number of halogens is 8. The fraction of sp³-hybridized carbons (Fsp3) is 0.208. The van der Waals surface area contributed by atoms with Crippen molar-refractivity contribution < 1.29 is 66.0 Å². The van der Waals surface area contributed by atoms with Crippen LogP contribution in [0.15, 0.2) is 126 Å². The number of benzene rings is 4. The van der Waals surface area contributed by atoms with E-state index in [1.165, 1.54) is 69.2 Å². The van der Waals surface area contributed by atoms with E-state index >= 15 is 0 Å². The van der Waals surface area contributed by atoms with Gasteiger partial charge in [-0.2, -0.15) is 22.6 Å². The number of likely N-dealkylation sites (N-methyl/N-ethyl adjacent to an activating group) is 1. The standard InChI is InChI=1S/C20H19Cl2FN2O3.C19H15Cl2FN2O3.C9H11FN2O3.C5H4FNO/c1-25(26-2)10-11-27-18-9-6-13(24-20(18)23)12-28-17-5-3-4-15-14(17)7-8-16(21)19(15)22;1-25-23-9-10-26-17-8-5-12(24-19(17)22)11-27-16-4-2-3-14-13(16)6-7-15(20)18(14)21;1-14-11-4-5-15-8-3-2-7(6-13)12-9(8)10;6-5-4(8)2-1-3-7-5/h3-9H,10-12H2,1-2H3;2-9H,10-11H2,1H3;2-4,13H,5-6H2,1H3;1-3,8H. The summed E-state index contributed by atoms with van der Waals surface area (Å²) in [4.78, 5) is 28.3. The first-order valence-electron chi connectivity index (χ1n) is 22.8. The van der Waals surface area contributed by atoms with Crippen LogP contribution in [0.4, 0.5) is 17.6 Å². The molecule has 25 heteroatoms. The Hall–Kier alpha value is -7.50. The van der Waals surface area contributed by atoms with Crippen LogP contribution in [-0.2, 0) is 34.3 Å². The lowest BCUT2D eigenvalue weighted by atomic mass is 10.1. The molecule has 4 aromatic heterocycles. The quantitative estimate of drug-likeness (QED) is 0.0316. The molecule has 0 saturated heterocycles. The first kappa shape index (κ1) is 61.4. The second kappa shape index (κ2) is 32.3. The maximum atomic E-state index is 14.2. The van der Waals surface area contributed by atoms with Gasteiger partial charge < -0.3 is 48.4 Å². The van der Waals surface area contributed by atoms with E-state index in [1.54, 1.807) is 49.6 Å². The summed E-state index contributed by atoms with van der Waals surface area (Å²) in [5.74, 6) is -2.08. The topological polar surface area (TPSA) is 194 Å². The van der Waals surface area contributed by atoms with Gasteiger partial charge in [0.15, 0.2) is 23.0 Å². The summed E-state index contributed by atoms with van der Waals surface area (Å²) in [5, 5.41) is 30.7. The lowest BCUT2D eigenvalue weighted by Gasteiger charge is -2.14. The number of hydrogen-bond acceptors (Lipinski definition) is 17. The smallest absolute Gasteiger partial charge is 0.255 e. The average Bonchev–Trinajstić information content (AvgIpc) is 3.52. The van der Waals surface area contributed by atoms with Crippen molar-refractivity contribution in [2.45, 2.75) is 19.8 Å². The van der Waals surface area contributed by atoms with Crippen LogP contribution in [0.1, 0.15) is 17.1 Å². The van der Waals surface area contributed by atoms with Crippen molar-refractivity contribution >= 4 is 80.4 Å². The minimum atomic E-state index is -0.826. The molecule has 0 fully saturated rings. The highest BCUT2D eigenvalue weighted by Gasteiger charge is 2.13. The molecule has 0 spiro atoms. The Bertz CT molecular complexity index is 3250. The molecule has 0 aliphatic carbocycles. The number of oxime groups is 2. The van der Waals surface area contributed by atoms with Gasteiger partial charge in [-0.1, -0.05) is 81.0 Å².